The highest BCUT2D eigenvalue weighted by molar-refractivity contribution is 6.99. The van der Waals surface area contributed by atoms with Gasteiger partial charge in [0.15, 0.2) is 13.9 Å². The average molecular weight is 703 g/mol. The summed E-state index contributed by atoms with van der Waals surface area (Å²) < 4.78 is 27.1. The minimum absolute atomic E-state index is 0.0873. The number of rotatable bonds is 10. The van der Waals surface area contributed by atoms with Gasteiger partial charge in [0.25, 0.3) is 8.32 Å². The Morgan fingerprint density at radius 2 is 1.45 bits per heavy atom. The largest absolute Gasteiger partial charge is 0.433 e. The van der Waals surface area contributed by atoms with Crippen molar-refractivity contribution in [3.05, 3.63) is 84.0 Å². The number of carbonyl (C=O) groups is 1. The zero-order chi connectivity index (χ0) is 35.7. The second-order valence-corrected chi connectivity index (χ2v) is 26.7. The molecule has 2 aromatic carbocycles. The lowest BCUT2D eigenvalue weighted by atomic mass is 9.71. The summed E-state index contributed by atoms with van der Waals surface area (Å²) in [5, 5.41) is 2.52. The molecule has 1 saturated heterocycles. The van der Waals surface area contributed by atoms with Crippen LogP contribution in [0, 0.1) is 17.8 Å². The average Bonchev–Trinajstić information content (AvgIpc) is 3.38. The summed E-state index contributed by atoms with van der Waals surface area (Å²) in [6.45, 7) is 23.7. The van der Waals surface area contributed by atoms with Crippen molar-refractivity contribution in [2.24, 2.45) is 17.8 Å². The second kappa shape index (κ2) is 14.7. The molecule has 2 fully saturated rings. The van der Waals surface area contributed by atoms with Crippen LogP contribution in [-0.2, 0) is 23.1 Å². The molecule has 2 aromatic rings. The van der Waals surface area contributed by atoms with Crippen LogP contribution in [-0.4, -0.2) is 47.7 Å². The number of esters is 1. The van der Waals surface area contributed by atoms with E-state index in [1.807, 2.05) is 0 Å². The molecule has 1 spiro atoms. The zero-order valence-electron chi connectivity index (χ0n) is 31.9. The molecule has 4 atom stereocenters. The first-order chi connectivity index (χ1) is 23.0. The molecule has 1 saturated carbocycles. The van der Waals surface area contributed by atoms with E-state index in [2.05, 4.69) is 141 Å². The van der Waals surface area contributed by atoms with E-state index in [1.54, 1.807) is 0 Å². The summed E-state index contributed by atoms with van der Waals surface area (Å²) in [6, 6.07) is 21.6. The maximum Gasteiger partial charge on any atom is 0.341 e. The fourth-order valence-corrected chi connectivity index (χ4v) is 13.4. The van der Waals surface area contributed by atoms with Crippen LogP contribution < -0.4 is 10.4 Å². The van der Waals surface area contributed by atoms with Gasteiger partial charge in [-0.2, -0.15) is 0 Å². The fourth-order valence-electron chi connectivity index (χ4n) is 7.87. The van der Waals surface area contributed by atoms with Crippen LogP contribution in [0.4, 0.5) is 0 Å². The highest BCUT2D eigenvalue weighted by Crippen LogP contribution is 2.48. The van der Waals surface area contributed by atoms with Gasteiger partial charge in [-0.15, -0.1) is 0 Å². The third kappa shape index (κ3) is 7.81. The van der Waals surface area contributed by atoms with Crippen LogP contribution in [0.15, 0.2) is 84.0 Å². The van der Waals surface area contributed by atoms with Gasteiger partial charge in [0.2, 0.25) is 6.29 Å². The predicted molar refractivity (Wildman–Crippen MR) is 206 cm³/mol. The van der Waals surface area contributed by atoms with E-state index >= 15 is 0 Å². The molecule has 0 N–H and O–H groups in total. The van der Waals surface area contributed by atoms with Crippen molar-refractivity contribution in [1.29, 1.82) is 0 Å². The van der Waals surface area contributed by atoms with Gasteiger partial charge < -0.3 is 18.3 Å². The quantitative estimate of drug-likeness (QED) is 0.140. The van der Waals surface area contributed by atoms with Crippen molar-refractivity contribution in [1.82, 2.24) is 0 Å². The SMILES string of the molecule is C/C(=C\[C@H]1C=C(CO[Si](c2ccccc2)(c2ccccc2)C(C)(C)C)[C@@H](C)C[C@@]12O[C@@H](C1CCCCC1)OC2=O)CO[Si](C)(C)C(C)(C)C. The van der Waals surface area contributed by atoms with E-state index in [0.29, 0.717) is 19.6 Å². The Labute approximate surface area is 299 Å². The number of carbonyl (C=O) groups excluding carboxylic acids is 1. The Hall–Kier alpha value is -2.30. The van der Waals surface area contributed by atoms with Crippen LogP contribution in [0.2, 0.25) is 23.2 Å². The molecule has 49 heavy (non-hydrogen) atoms. The molecule has 0 bridgehead atoms. The Kier molecular flexibility index (Phi) is 11.4. The smallest absolute Gasteiger partial charge is 0.341 e. The maximum atomic E-state index is 14.1. The number of benzene rings is 2. The van der Waals surface area contributed by atoms with Gasteiger partial charge in [-0.1, -0.05) is 146 Å². The van der Waals surface area contributed by atoms with Gasteiger partial charge in [-0.25, -0.2) is 4.79 Å². The number of hydrogen-bond donors (Lipinski definition) is 0. The van der Waals surface area contributed by atoms with Crippen LogP contribution in [0.1, 0.15) is 93.9 Å². The van der Waals surface area contributed by atoms with Gasteiger partial charge in [-0.05, 0) is 71.2 Å². The van der Waals surface area contributed by atoms with Gasteiger partial charge >= 0.3 is 5.97 Å². The maximum absolute atomic E-state index is 14.1. The lowest BCUT2D eigenvalue weighted by Crippen LogP contribution is -2.66. The lowest BCUT2D eigenvalue weighted by molar-refractivity contribution is -0.149. The topological polar surface area (TPSA) is 54.0 Å². The van der Waals surface area contributed by atoms with Crippen LogP contribution in [0.25, 0.3) is 0 Å². The molecule has 268 valence electrons. The molecule has 0 amide bonds. The monoisotopic (exact) mass is 702 g/mol. The number of hydrogen-bond acceptors (Lipinski definition) is 5. The van der Waals surface area contributed by atoms with E-state index in [9.17, 15) is 4.79 Å². The second-order valence-electron chi connectivity index (χ2n) is 17.6. The fraction of sp³-hybridized carbons (Fsp3) is 0.595. The summed E-state index contributed by atoms with van der Waals surface area (Å²) in [4.78, 5) is 14.1. The molecular weight excluding hydrogens is 641 g/mol. The molecule has 7 heteroatoms. The number of cyclic esters (lactones) is 1. The van der Waals surface area contributed by atoms with E-state index < -0.39 is 28.5 Å². The first-order valence-electron chi connectivity index (χ1n) is 18.7. The molecule has 2 aliphatic carbocycles. The Morgan fingerprint density at radius 3 is 1.98 bits per heavy atom. The van der Waals surface area contributed by atoms with Gasteiger partial charge in [0.05, 0.1) is 13.2 Å². The summed E-state index contributed by atoms with van der Waals surface area (Å²) in [6.07, 6.45) is 10.3. The molecule has 5 rings (SSSR count). The van der Waals surface area contributed by atoms with Crippen molar-refractivity contribution >= 4 is 33.0 Å². The number of ether oxygens (including phenoxy) is 2. The molecule has 1 aliphatic heterocycles. The molecule has 0 unspecified atom stereocenters. The summed E-state index contributed by atoms with van der Waals surface area (Å²) >= 11 is 0. The van der Waals surface area contributed by atoms with Crippen molar-refractivity contribution in [2.45, 2.75) is 129 Å². The van der Waals surface area contributed by atoms with Crippen molar-refractivity contribution < 1.29 is 23.1 Å². The van der Waals surface area contributed by atoms with E-state index in [0.717, 1.165) is 18.4 Å². The van der Waals surface area contributed by atoms with Gasteiger partial charge in [-0.3, -0.25) is 0 Å². The first kappa shape index (κ1) is 37.9. The summed E-state index contributed by atoms with van der Waals surface area (Å²) in [5.41, 5.74) is 1.29. The van der Waals surface area contributed by atoms with Crippen LogP contribution in [0.3, 0.4) is 0 Å². The third-order valence-corrected chi connectivity index (χ3v) is 21.4. The van der Waals surface area contributed by atoms with Crippen LogP contribution in [0.5, 0.6) is 0 Å². The van der Waals surface area contributed by atoms with E-state index in [1.165, 1.54) is 35.2 Å². The van der Waals surface area contributed by atoms with Crippen molar-refractivity contribution in [2.75, 3.05) is 13.2 Å². The van der Waals surface area contributed by atoms with Gasteiger partial charge in [0.1, 0.15) is 0 Å². The summed E-state index contributed by atoms with van der Waals surface area (Å²) in [7, 11) is -4.71. The Morgan fingerprint density at radius 1 is 0.878 bits per heavy atom. The minimum Gasteiger partial charge on any atom is -0.433 e. The van der Waals surface area contributed by atoms with E-state index in [-0.39, 0.29) is 33.8 Å². The summed E-state index contributed by atoms with van der Waals surface area (Å²) in [5.74, 6) is -0.128. The standard InChI is InChI=1S/C42H62O5Si2/c1-31(29-44-48(9,10)40(3,4)5)26-35-27-34(32(2)28-42(35)39(43)46-38(47-42)33-20-14-11-15-21-33)30-45-49(41(6,7)8,36-22-16-12-17-23-36)37-24-18-13-19-25-37/h12-13,16-19,22-27,32-33,35,38H,11,14-15,20-21,28-30H2,1-10H3/b31-26+/t32-,35-,38-,42+/m0/s1. The minimum atomic E-state index is -2.75. The molecule has 0 radical (unpaired) electrons. The van der Waals surface area contributed by atoms with Crippen molar-refractivity contribution in [3.8, 4) is 0 Å². The zero-order valence-corrected chi connectivity index (χ0v) is 33.9. The molecule has 0 aromatic heterocycles. The normalized spacial score (nSPS) is 26.2. The molecule has 1 heterocycles. The molecule has 5 nitrogen and oxygen atoms in total. The lowest BCUT2D eigenvalue weighted by Gasteiger charge is -2.44. The van der Waals surface area contributed by atoms with Crippen molar-refractivity contribution in [3.63, 3.8) is 0 Å². The Balaban J connectivity index is 1.52. The highest BCUT2D eigenvalue weighted by atomic mass is 28.4. The molecule has 3 aliphatic rings. The Bertz CT molecular complexity index is 1440. The highest BCUT2D eigenvalue weighted by Gasteiger charge is 2.58. The van der Waals surface area contributed by atoms with Gasteiger partial charge in [0, 0.05) is 11.8 Å². The van der Waals surface area contributed by atoms with E-state index in [4.69, 9.17) is 18.3 Å². The van der Waals surface area contributed by atoms with Crippen LogP contribution >= 0.6 is 0 Å². The molecular formula is C42H62O5Si2. The first-order valence-corrected chi connectivity index (χ1v) is 23.5. The predicted octanol–water partition coefficient (Wildman–Crippen LogP) is 9.33. The third-order valence-electron chi connectivity index (χ3n) is 11.9.